The molecular formula is C22H36IN5O3. The van der Waals surface area contributed by atoms with E-state index in [0.717, 1.165) is 71.2 Å². The van der Waals surface area contributed by atoms with Crippen LogP contribution in [0.1, 0.15) is 26.2 Å². The van der Waals surface area contributed by atoms with E-state index >= 15 is 0 Å². The fourth-order valence-corrected chi connectivity index (χ4v) is 5.28. The monoisotopic (exact) mass is 545 g/mol. The number of likely N-dealkylation sites (tertiary alicyclic amines) is 1. The number of guanidine groups is 1. The lowest BCUT2D eigenvalue weighted by atomic mass is 9.85. The number of imide groups is 1. The van der Waals surface area contributed by atoms with Crippen molar-refractivity contribution < 1.29 is 14.3 Å². The van der Waals surface area contributed by atoms with Gasteiger partial charge in [0, 0.05) is 39.3 Å². The molecule has 0 aromatic heterocycles. The third-order valence-electron chi connectivity index (χ3n) is 6.79. The molecule has 174 valence electrons. The molecule has 9 heteroatoms. The van der Waals surface area contributed by atoms with Gasteiger partial charge in [-0.2, -0.15) is 0 Å². The molecule has 2 aliphatic carbocycles. The molecule has 0 radical (unpaired) electrons. The van der Waals surface area contributed by atoms with Gasteiger partial charge in [-0.15, -0.1) is 24.0 Å². The van der Waals surface area contributed by atoms with Crippen LogP contribution in [0.3, 0.4) is 0 Å². The number of carbonyl (C=O) groups excluding carboxylic acids is 2. The molecule has 2 bridgehead atoms. The number of halogens is 1. The average molecular weight is 545 g/mol. The van der Waals surface area contributed by atoms with Crippen LogP contribution in [-0.4, -0.2) is 86.6 Å². The summed E-state index contributed by atoms with van der Waals surface area (Å²) in [5, 5.41) is 6.53. The van der Waals surface area contributed by atoms with Gasteiger partial charge in [0.15, 0.2) is 5.96 Å². The number of hydrogen-bond donors (Lipinski definition) is 2. The van der Waals surface area contributed by atoms with Crippen LogP contribution in [0.25, 0.3) is 0 Å². The van der Waals surface area contributed by atoms with E-state index in [4.69, 9.17) is 4.74 Å². The molecular weight excluding hydrogens is 509 g/mol. The van der Waals surface area contributed by atoms with Crippen LogP contribution in [0.15, 0.2) is 17.1 Å². The van der Waals surface area contributed by atoms with Gasteiger partial charge in [-0.05, 0) is 44.6 Å². The minimum atomic E-state index is -0.110. The van der Waals surface area contributed by atoms with Crippen molar-refractivity contribution in [1.29, 1.82) is 0 Å². The van der Waals surface area contributed by atoms with Gasteiger partial charge in [0.2, 0.25) is 11.8 Å². The fourth-order valence-electron chi connectivity index (χ4n) is 5.28. The Morgan fingerprint density at radius 2 is 1.74 bits per heavy atom. The zero-order valence-corrected chi connectivity index (χ0v) is 20.8. The molecule has 4 unspecified atom stereocenters. The van der Waals surface area contributed by atoms with Gasteiger partial charge in [0.1, 0.15) is 0 Å². The number of hydrogen-bond acceptors (Lipinski definition) is 5. The number of fused-ring (bicyclic) bond motifs is 5. The summed E-state index contributed by atoms with van der Waals surface area (Å²) < 4.78 is 5.38. The molecule has 4 rings (SSSR count). The van der Waals surface area contributed by atoms with Crippen LogP contribution in [0.5, 0.6) is 0 Å². The third-order valence-corrected chi connectivity index (χ3v) is 6.79. The SMILES string of the molecule is CCNC(=NCCCCN1CCOCC1)NCCN1C(=O)C2C3C=CC(C3)C2C1=O.I. The summed E-state index contributed by atoms with van der Waals surface area (Å²) in [6, 6.07) is 0. The summed E-state index contributed by atoms with van der Waals surface area (Å²) in [7, 11) is 0. The van der Waals surface area contributed by atoms with Crippen molar-refractivity contribution in [2.24, 2.45) is 28.7 Å². The number of amides is 2. The smallest absolute Gasteiger partial charge is 0.233 e. The van der Waals surface area contributed by atoms with Crippen LogP contribution in [0, 0.1) is 23.7 Å². The molecule has 0 aromatic rings. The Hall–Kier alpha value is -1.20. The maximum absolute atomic E-state index is 12.7. The molecule has 2 heterocycles. The average Bonchev–Trinajstić information content (AvgIpc) is 3.44. The van der Waals surface area contributed by atoms with Gasteiger partial charge in [0.05, 0.1) is 25.0 Å². The number of carbonyl (C=O) groups is 2. The lowest BCUT2D eigenvalue weighted by Crippen LogP contribution is -2.43. The molecule has 2 aliphatic heterocycles. The van der Waals surface area contributed by atoms with E-state index in [1.54, 1.807) is 0 Å². The summed E-state index contributed by atoms with van der Waals surface area (Å²) in [5.41, 5.74) is 0. The highest BCUT2D eigenvalue weighted by Crippen LogP contribution is 2.52. The highest BCUT2D eigenvalue weighted by atomic mass is 127. The second-order valence-corrected chi connectivity index (χ2v) is 8.68. The molecule has 2 amide bonds. The number of allylic oxidation sites excluding steroid dienone is 2. The standard InChI is InChI=1S/C22H35N5O3.HI/c1-2-23-22(24-7-3-4-9-26-11-13-30-14-12-26)25-8-10-27-20(28)18-16-5-6-17(15-16)19(18)21(27)29;/h5-6,16-19H,2-4,7-15H2,1H3,(H2,23,24,25);1H. The predicted molar refractivity (Wildman–Crippen MR) is 130 cm³/mol. The largest absolute Gasteiger partial charge is 0.379 e. The second kappa shape index (κ2) is 11.6. The van der Waals surface area contributed by atoms with Crippen molar-refractivity contribution in [1.82, 2.24) is 20.4 Å². The van der Waals surface area contributed by atoms with Gasteiger partial charge >= 0.3 is 0 Å². The normalized spacial score (nSPS) is 30.0. The summed E-state index contributed by atoms with van der Waals surface area (Å²) in [5.74, 6) is 1.12. The van der Waals surface area contributed by atoms with E-state index in [1.807, 2.05) is 6.92 Å². The topological polar surface area (TPSA) is 86.3 Å². The van der Waals surface area contributed by atoms with Gasteiger partial charge in [0.25, 0.3) is 0 Å². The highest BCUT2D eigenvalue weighted by molar-refractivity contribution is 14.0. The molecule has 2 N–H and O–H groups in total. The molecule has 4 aliphatic rings. The number of morpholine rings is 1. The van der Waals surface area contributed by atoms with Crippen molar-refractivity contribution in [3.8, 4) is 0 Å². The van der Waals surface area contributed by atoms with Crippen LogP contribution in [0.2, 0.25) is 0 Å². The van der Waals surface area contributed by atoms with Crippen molar-refractivity contribution in [2.45, 2.75) is 26.2 Å². The Labute approximate surface area is 202 Å². The molecule has 3 fully saturated rings. The first-order chi connectivity index (χ1) is 14.7. The lowest BCUT2D eigenvalue weighted by molar-refractivity contribution is -0.140. The van der Waals surface area contributed by atoms with E-state index < -0.39 is 0 Å². The van der Waals surface area contributed by atoms with Crippen LogP contribution in [0.4, 0.5) is 0 Å². The summed E-state index contributed by atoms with van der Waals surface area (Å²) >= 11 is 0. The number of ether oxygens (including phenoxy) is 1. The van der Waals surface area contributed by atoms with Crippen LogP contribution < -0.4 is 10.6 Å². The second-order valence-electron chi connectivity index (χ2n) is 8.68. The Balaban J connectivity index is 0.00000272. The first kappa shape index (κ1) is 24.4. The van der Waals surface area contributed by atoms with Crippen LogP contribution >= 0.6 is 24.0 Å². The molecule has 31 heavy (non-hydrogen) atoms. The van der Waals surface area contributed by atoms with E-state index in [1.165, 1.54) is 4.90 Å². The van der Waals surface area contributed by atoms with Crippen molar-refractivity contribution >= 4 is 41.8 Å². The van der Waals surface area contributed by atoms with E-state index in [-0.39, 0.29) is 59.5 Å². The summed E-state index contributed by atoms with van der Waals surface area (Å²) in [4.78, 5) is 34.1. The van der Waals surface area contributed by atoms with Crippen molar-refractivity contribution in [3.63, 3.8) is 0 Å². The quantitative estimate of drug-likeness (QED) is 0.113. The Morgan fingerprint density at radius 3 is 2.39 bits per heavy atom. The van der Waals surface area contributed by atoms with Crippen LogP contribution in [-0.2, 0) is 14.3 Å². The number of aliphatic imine (C=N–C) groups is 1. The predicted octanol–water partition coefficient (Wildman–Crippen LogP) is 1.08. The van der Waals surface area contributed by atoms with Gasteiger partial charge < -0.3 is 15.4 Å². The number of unbranched alkanes of at least 4 members (excludes halogenated alkanes) is 1. The maximum atomic E-state index is 12.7. The Bertz CT molecular complexity index is 665. The van der Waals surface area contributed by atoms with Gasteiger partial charge in [-0.1, -0.05) is 12.2 Å². The Kier molecular flexibility index (Phi) is 9.15. The Morgan fingerprint density at radius 1 is 1.06 bits per heavy atom. The van der Waals surface area contributed by atoms with Crippen molar-refractivity contribution in [2.75, 3.05) is 59.0 Å². The molecule has 1 saturated carbocycles. The van der Waals surface area contributed by atoms with Gasteiger partial charge in [-0.25, -0.2) is 0 Å². The third kappa shape index (κ3) is 5.60. The fraction of sp³-hybridized carbons (Fsp3) is 0.773. The van der Waals surface area contributed by atoms with E-state index in [2.05, 4.69) is 32.7 Å². The zero-order chi connectivity index (χ0) is 20.9. The first-order valence-corrected chi connectivity index (χ1v) is 11.5. The molecule has 0 aromatic carbocycles. The minimum Gasteiger partial charge on any atom is -0.379 e. The zero-order valence-electron chi connectivity index (χ0n) is 18.4. The molecule has 4 atom stereocenters. The summed E-state index contributed by atoms with van der Waals surface area (Å²) in [6.07, 6.45) is 7.40. The lowest BCUT2D eigenvalue weighted by Gasteiger charge is -2.26. The summed E-state index contributed by atoms with van der Waals surface area (Å²) in [6.45, 7) is 9.35. The number of nitrogens with one attached hydrogen (secondary N) is 2. The molecule has 8 nitrogen and oxygen atoms in total. The van der Waals surface area contributed by atoms with Gasteiger partial charge in [-0.3, -0.25) is 24.4 Å². The highest BCUT2D eigenvalue weighted by Gasteiger charge is 2.58. The van der Waals surface area contributed by atoms with Crippen molar-refractivity contribution in [3.05, 3.63) is 12.2 Å². The van der Waals surface area contributed by atoms with E-state index in [9.17, 15) is 9.59 Å². The number of rotatable bonds is 9. The van der Waals surface area contributed by atoms with E-state index in [0.29, 0.717) is 13.1 Å². The maximum Gasteiger partial charge on any atom is 0.233 e. The molecule has 0 spiro atoms. The number of nitrogens with zero attached hydrogens (tertiary/aromatic N) is 3. The molecule has 2 saturated heterocycles. The first-order valence-electron chi connectivity index (χ1n) is 11.5. The minimum absolute atomic E-state index is 0.